The molecule has 0 fully saturated rings. The normalized spacial score (nSPS) is 11.0. The van der Waals surface area contributed by atoms with E-state index in [4.69, 9.17) is 16.0 Å². The summed E-state index contributed by atoms with van der Waals surface area (Å²) in [5.74, 6) is -1.05. The van der Waals surface area contributed by atoms with Gasteiger partial charge < -0.3 is 4.42 Å². The molecule has 3 rings (SSSR count). The molecule has 0 unspecified atom stereocenters. The van der Waals surface area contributed by atoms with Crippen molar-refractivity contribution in [2.24, 2.45) is 0 Å². The number of carbonyl (C=O) groups is 1. The van der Waals surface area contributed by atoms with Crippen molar-refractivity contribution in [3.63, 3.8) is 0 Å². The predicted octanol–water partition coefficient (Wildman–Crippen LogP) is 4.79. The molecule has 0 N–H and O–H groups in total. The van der Waals surface area contributed by atoms with Gasteiger partial charge in [0.15, 0.2) is 5.76 Å². The number of carbonyl (C=O) groups excluding carboxylic acids is 1. The maximum absolute atomic E-state index is 13.1. The van der Waals surface area contributed by atoms with Gasteiger partial charge in [-0.1, -0.05) is 17.7 Å². The number of halogens is 3. The Morgan fingerprint density at radius 3 is 2.52 bits per heavy atom. The first-order chi connectivity index (χ1) is 10.0. The number of rotatable bonds is 3. The zero-order valence-corrected chi connectivity index (χ0v) is 11.5. The molecule has 0 aliphatic heterocycles. The van der Waals surface area contributed by atoms with Crippen LogP contribution in [0.15, 0.2) is 46.9 Å². The minimum absolute atomic E-state index is 0.0125. The van der Waals surface area contributed by atoms with Crippen LogP contribution >= 0.6 is 11.6 Å². The summed E-state index contributed by atoms with van der Waals surface area (Å²) < 4.78 is 31.5. The fraction of sp³-hybridized carbons (Fsp3) is 0.0625. The van der Waals surface area contributed by atoms with Crippen LogP contribution in [0.3, 0.4) is 0 Å². The molecule has 0 saturated carbocycles. The van der Waals surface area contributed by atoms with E-state index < -0.39 is 11.6 Å². The lowest BCUT2D eigenvalue weighted by atomic mass is 10.1. The van der Waals surface area contributed by atoms with Crippen LogP contribution in [0, 0.1) is 11.6 Å². The molecule has 2 nitrogen and oxygen atoms in total. The molecule has 0 atom stereocenters. The fourth-order valence-corrected chi connectivity index (χ4v) is 2.31. The van der Waals surface area contributed by atoms with Crippen molar-refractivity contribution in [3.05, 3.63) is 70.4 Å². The molecule has 0 saturated heterocycles. The van der Waals surface area contributed by atoms with E-state index in [-0.39, 0.29) is 23.0 Å². The molecule has 0 radical (unpaired) electrons. The first kappa shape index (κ1) is 13.8. The lowest BCUT2D eigenvalue weighted by Gasteiger charge is -2.02. The highest BCUT2D eigenvalue weighted by Crippen LogP contribution is 2.23. The Morgan fingerprint density at radius 1 is 1.05 bits per heavy atom. The van der Waals surface area contributed by atoms with Crippen LogP contribution < -0.4 is 0 Å². The number of ketones is 1. The molecule has 0 aliphatic rings. The van der Waals surface area contributed by atoms with Crippen LogP contribution in [0.1, 0.15) is 16.1 Å². The monoisotopic (exact) mass is 306 g/mol. The van der Waals surface area contributed by atoms with Crippen LogP contribution in [-0.2, 0) is 6.42 Å². The van der Waals surface area contributed by atoms with Gasteiger partial charge in [-0.15, -0.1) is 0 Å². The van der Waals surface area contributed by atoms with Gasteiger partial charge in [0.1, 0.15) is 17.2 Å². The molecular weight excluding hydrogens is 298 g/mol. The maximum atomic E-state index is 13.1. The number of furan rings is 1. The highest BCUT2D eigenvalue weighted by molar-refractivity contribution is 6.31. The Bertz CT molecular complexity index is 839. The van der Waals surface area contributed by atoms with E-state index in [1.165, 1.54) is 36.4 Å². The smallest absolute Gasteiger partial charge is 0.202 e. The molecule has 106 valence electrons. The van der Waals surface area contributed by atoms with Crippen molar-refractivity contribution in [3.8, 4) is 0 Å². The maximum Gasteiger partial charge on any atom is 0.202 e. The Kier molecular flexibility index (Phi) is 3.47. The highest BCUT2D eigenvalue weighted by Gasteiger charge is 2.15. The van der Waals surface area contributed by atoms with Crippen molar-refractivity contribution in [2.75, 3.05) is 0 Å². The molecule has 5 heteroatoms. The van der Waals surface area contributed by atoms with E-state index in [0.717, 1.165) is 6.07 Å². The van der Waals surface area contributed by atoms with Gasteiger partial charge in [-0.2, -0.15) is 0 Å². The Morgan fingerprint density at radius 2 is 1.76 bits per heavy atom. The second-order valence-electron chi connectivity index (χ2n) is 4.63. The largest absolute Gasteiger partial charge is 0.453 e. The fourth-order valence-electron chi connectivity index (χ4n) is 2.08. The number of fused-ring (bicyclic) bond motifs is 1. The van der Waals surface area contributed by atoms with Gasteiger partial charge in [0.05, 0.1) is 0 Å². The summed E-state index contributed by atoms with van der Waals surface area (Å²) in [6, 6.07) is 9.35. The zero-order valence-electron chi connectivity index (χ0n) is 10.7. The summed E-state index contributed by atoms with van der Waals surface area (Å²) >= 11 is 5.89. The van der Waals surface area contributed by atoms with Gasteiger partial charge in [-0.25, -0.2) is 8.78 Å². The predicted molar refractivity (Wildman–Crippen MR) is 75.6 cm³/mol. The molecule has 1 aromatic heterocycles. The Hall–Kier alpha value is -2.20. The first-order valence-electron chi connectivity index (χ1n) is 6.19. The Balaban J connectivity index is 1.89. The first-order valence-corrected chi connectivity index (χ1v) is 6.57. The number of benzene rings is 2. The number of hydrogen-bond donors (Lipinski definition) is 0. The van der Waals surface area contributed by atoms with Crippen LogP contribution in [0.5, 0.6) is 0 Å². The van der Waals surface area contributed by atoms with Gasteiger partial charge in [-0.3, -0.25) is 4.79 Å². The molecule has 1 heterocycles. The van der Waals surface area contributed by atoms with E-state index in [2.05, 4.69) is 0 Å². The summed E-state index contributed by atoms with van der Waals surface area (Å²) in [4.78, 5) is 12.2. The van der Waals surface area contributed by atoms with E-state index in [1.807, 2.05) is 0 Å². The quantitative estimate of drug-likeness (QED) is 0.651. The third-order valence-electron chi connectivity index (χ3n) is 3.12. The SMILES string of the molecule is O=C(Cc1ccc(F)cc1Cl)c1cc2cc(F)ccc2o1. The van der Waals surface area contributed by atoms with E-state index in [0.29, 0.717) is 16.5 Å². The molecule has 3 aromatic rings. The van der Waals surface area contributed by atoms with E-state index in [1.54, 1.807) is 0 Å². The second-order valence-corrected chi connectivity index (χ2v) is 5.04. The van der Waals surface area contributed by atoms with Crippen molar-refractivity contribution in [1.29, 1.82) is 0 Å². The molecular formula is C16H9ClF2O2. The van der Waals surface area contributed by atoms with Crippen LogP contribution in [0.2, 0.25) is 5.02 Å². The summed E-state index contributed by atoms with van der Waals surface area (Å²) in [5, 5.41) is 0.703. The molecule has 2 aromatic carbocycles. The molecule has 0 spiro atoms. The standard InChI is InChI=1S/C16H9ClF2O2/c17-13-8-12(19)2-1-9(13)6-14(20)16-7-10-5-11(18)3-4-15(10)21-16/h1-5,7-8H,6H2. The molecule has 0 amide bonds. The second kappa shape index (κ2) is 5.30. The van der Waals surface area contributed by atoms with Gasteiger partial charge in [-0.05, 0) is 42.0 Å². The van der Waals surface area contributed by atoms with Crippen molar-refractivity contribution < 1.29 is 18.0 Å². The van der Waals surface area contributed by atoms with Gasteiger partial charge >= 0.3 is 0 Å². The number of Topliss-reactive ketones (excluding diaryl/α,β-unsaturated/α-hetero) is 1. The summed E-state index contributed by atoms with van der Waals surface area (Å²) in [5.41, 5.74) is 0.944. The molecule has 0 bridgehead atoms. The summed E-state index contributed by atoms with van der Waals surface area (Å²) in [7, 11) is 0. The van der Waals surface area contributed by atoms with Gasteiger partial charge in [0.2, 0.25) is 5.78 Å². The minimum Gasteiger partial charge on any atom is -0.453 e. The van der Waals surface area contributed by atoms with Crippen LogP contribution in [0.4, 0.5) is 8.78 Å². The van der Waals surface area contributed by atoms with E-state index in [9.17, 15) is 13.6 Å². The van der Waals surface area contributed by atoms with Gasteiger partial charge in [0, 0.05) is 16.8 Å². The topological polar surface area (TPSA) is 30.2 Å². The zero-order chi connectivity index (χ0) is 15.0. The minimum atomic E-state index is -0.463. The third kappa shape index (κ3) is 2.81. The number of hydrogen-bond acceptors (Lipinski definition) is 2. The highest BCUT2D eigenvalue weighted by atomic mass is 35.5. The van der Waals surface area contributed by atoms with Crippen molar-refractivity contribution in [2.45, 2.75) is 6.42 Å². The summed E-state index contributed by atoms with van der Waals surface area (Å²) in [6.45, 7) is 0. The van der Waals surface area contributed by atoms with Crippen molar-refractivity contribution in [1.82, 2.24) is 0 Å². The average Bonchev–Trinajstić information content (AvgIpc) is 2.85. The van der Waals surface area contributed by atoms with E-state index >= 15 is 0 Å². The van der Waals surface area contributed by atoms with Crippen LogP contribution in [-0.4, -0.2) is 5.78 Å². The van der Waals surface area contributed by atoms with Crippen molar-refractivity contribution >= 4 is 28.4 Å². The third-order valence-corrected chi connectivity index (χ3v) is 3.47. The lowest BCUT2D eigenvalue weighted by molar-refractivity contribution is 0.0968. The average molecular weight is 307 g/mol. The lowest BCUT2D eigenvalue weighted by Crippen LogP contribution is -2.02. The Labute approximate surface area is 123 Å². The molecule has 0 aliphatic carbocycles. The molecule has 21 heavy (non-hydrogen) atoms. The van der Waals surface area contributed by atoms with Crippen LogP contribution in [0.25, 0.3) is 11.0 Å². The van der Waals surface area contributed by atoms with Gasteiger partial charge in [0.25, 0.3) is 0 Å². The summed E-state index contributed by atoms with van der Waals surface area (Å²) in [6.07, 6.45) is -0.0125.